The summed E-state index contributed by atoms with van der Waals surface area (Å²) in [7, 11) is 3.29. The quantitative estimate of drug-likeness (QED) is 0.564. The predicted octanol–water partition coefficient (Wildman–Crippen LogP) is 4.77. The number of fused-ring (bicyclic) bond motifs is 1. The predicted molar refractivity (Wildman–Crippen MR) is 111 cm³/mol. The number of halogens is 1. The number of nitrogens with zero attached hydrogens (tertiary/aromatic N) is 2. The Labute approximate surface area is 170 Å². The number of amides is 1. The van der Waals surface area contributed by atoms with Crippen LogP contribution >= 0.6 is 27.3 Å². The second-order valence-corrected chi connectivity index (χ2v) is 8.40. The van der Waals surface area contributed by atoms with E-state index in [0.717, 1.165) is 63.4 Å². The number of rotatable bonds is 5. The van der Waals surface area contributed by atoms with Gasteiger partial charge < -0.3 is 18.9 Å². The summed E-state index contributed by atoms with van der Waals surface area (Å²) in [4.78, 5) is 15.1. The minimum absolute atomic E-state index is 0.109. The highest BCUT2D eigenvalue weighted by Crippen LogP contribution is 2.35. The van der Waals surface area contributed by atoms with Gasteiger partial charge in [-0.05, 0) is 52.5 Å². The van der Waals surface area contributed by atoms with E-state index in [1.807, 2.05) is 29.2 Å². The molecule has 0 spiro atoms. The third kappa shape index (κ3) is 3.46. The van der Waals surface area contributed by atoms with Crippen molar-refractivity contribution in [1.82, 2.24) is 9.47 Å². The van der Waals surface area contributed by atoms with Crippen LogP contribution < -0.4 is 9.47 Å². The maximum absolute atomic E-state index is 13.1. The van der Waals surface area contributed by atoms with E-state index in [4.69, 9.17) is 9.47 Å². The number of hydrogen-bond donors (Lipinski definition) is 0. The average Bonchev–Trinajstić information content (AvgIpc) is 3.40. The molecule has 2 aromatic heterocycles. The standard InChI is InChI=1S/C20H21BrN2O3S/c1-25-14-7-13(8-15(9-14)26-2)11-23-17(20(24)22-5-3-4-6-22)10-18-19(23)16(21)12-27-18/h7-10,12H,3-6,11H2,1-2H3. The maximum Gasteiger partial charge on any atom is 0.270 e. The van der Waals surface area contributed by atoms with Gasteiger partial charge >= 0.3 is 0 Å². The molecule has 1 amide bonds. The minimum Gasteiger partial charge on any atom is -0.497 e. The van der Waals surface area contributed by atoms with Gasteiger partial charge in [-0.25, -0.2) is 0 Å². The number of methoxy groups -OCH3 is 2. The van der Waals surface area contributed by atoms with Gasteiger partial charge in [0.05, 0.1) is 28.9 Å². The van der Waals surface area contributed by atoms with Gasteiger partial charge in [-0.15, -0.1) is 11.3 Å². The smallest absolute Gasteiger partial charge is 0.270 e. The molecule has 3 aromatic rings. The zero-order valence-corrected chi connectivity index (χ0v) is 17.7. The molecular weight excluding hydrogens is 428 g/mol. The summed E-state index contributed by atoms with van der Waals surface area (Å²) in [5.41, 5.74) is 2.82. The summed E-state index contributed by atoms with van der Waals surface area (Å²) in [6, 6.07) is 7.84. The van der Waals surface area contributed by atoms with E-state index in [1.54, 1.807) is 25.6 Å². The van der Waals surface area contributed by atoms with E-state index in [2.05, 4.69) is 25.9 Å². The van der Waals surface area contributed by atoms with Gasteiger partial charge in [-0.1, -0.05) is 0 Å². The molecule has 0 saturated carbocycles. The first-order valence-electron chi connectivity index (χ1n) is 8.88. The largest absolute Gasteiger partial charge is 0.497 e. The Morgan fingerprint density at radius 1 is 1.11 bits per heavy atom. The van der Waals surface area contributed by atoms with Crippen molar-refractivity contribution in [2.24, 2.45) is 0 Å². The molecule has 0 radical (unpaired) electrons. The van der Waals surface area contributed by atoms with Crippen LogP contribution in [0.25, 0.3) is 10.2 Å². The molecule has 0 aliphatic carbocycles. The van der Waals surface area contributed by atoms with Crippen LogP contribution in [0.4, 0.5) is 0 Å². The van der Waals surface area contributed by atoms with Gasteiger partial charge in [0.1, 0.15) is 17.2 Å². The highest BCUT2D eigenvalue weighted by molar-refractivity contribution is 9.10. The molecule has 5 nitrogen and oxygen atoms in total. The first-order valence-corrected chi connectivity index (χ1v) is 10.6. The van der Waals surface area contributed by atoms with Crippen molar-refractivity contribution in [3.05, 3.63) is 45.4 Å². The number of hydrogen-bond acceptors (Lipinski definition) is 4. The summed E-state index contributed by atoms with van der Waals surface area (Å²) < 4.78 is 15.0. The van der Waals surface area contributed by atoms with Crippen LogP contribution in [0.15, 0.2) is 34.1 Å². The lowest BCUT2D eigenvalue weighted by atomic mass is 10.2. The number of likely N-dealkylation sites (tertiary alicyclic amines) is 1. The number of benzene rings is 1. The first-order chi connectivity index (χ1) is 13.1. The number of ether oxygens (including phenoxy) is 2. The van der Waals surface area contributed by atoms with Crippen molar-refractivity contribution < 1.29 is 14.3 Å². The number of aromatic nitrogens is 1. The fourth-order valence-corrected chi connectivity index (χ4v) is 5.29. The molecule has 4 rings (SSSR count). The molecule has 1 aliphatic rings. The molecule has 0 N–H and O–H groups in total. The van der Waals surface area contributed by atoms with E-state index in [0.29, 0.717) is 6.54 Å². The summed E-state index contributed by atoms with van der Waals surface area (Å²) in [6.45, 7) is 2.25. The molecule has 0 atom stereocenters. The van der Waals surface area contributed by atoms with E-state index in [1.165, 1.54) is 0 Å². The van der Waals surface area contributed by atoms with Gasteiger partial charge in [0, 0.05) is 31.1 Å². The van der Waals surface area contributed by atoms with E-state index in [-0.39, 0.29) is 5.91 Å². The number of carbonyl (C=O) groups is 1. The zero-order valence-electron chi connectivity index (χ0n) is 15.3. The zero-order chi connectivity index (χ0) is 19.0. The van der Waals surface area contributed by atoms with Crippen molar-refractivity contribution in [3.8, 4) is 11.5 Å². The fourth-order valence-electron chi connectivity index (χ4n) is 3.60. The molecule has 0 unspecified atom stereocenters. The van der Waals surface area contributed by atoms with Gasteiger partial charge in [0.25, 0.3) is 5.91 Å². The van der Waals surface area contributed by atoms with Gasteiger partial charge in [-0.3, -0.25) is 4.79 Å². The van der Waals surface area contributed by atoms with Gasteiger partial charge in [-0.2, -0.15) is 0 Å². The maximum atomic E-state index is 13.1. The molecule has 1 aliphatic heterocycles. The van der Waals surface area contributed by atoms with Crippen LogP contribution in [-0.2, 0) is 6.54 Å². The van der Waals surface area contributed by atoms with Gasteiger partial charge in [0.2, 0.25) is 0 Å². The lowest BCUT2D eigenvalue weighted by Gasteiger charge is -2.18. The van der Waals surface area contributed by atoms with E-state index < -0.39 is 0 Å². The Kier molecular flexibility index (Phi) is 5.14. The highest BCUT2D eigenvalue weighted by atomic mass is 79.9. The van der Waals surface area contributed by atoms with Crippen LogP contribution in [0, 0.1) is 0 Å². The third-order valence-electron chi connectivity index (χ3n) is 4.94. The van der Waals surface area contributed by atoms with Gasteiger partial charge in [0.15, 0.2) is 0 Å². The monoisotopic (exact) mass is 448 g/mol. The van der Waals surface area contributed by atoms with Crippen LogP contribution in [0.3, 0.4) is 0 Å². The van der Waals surface area contributed by atoms with E-state index in [9.17, 15) is 4.79 Å². The average molecular weight is 449 g/mol. The molecule has 7 heteroatoms. The van der Waals surface area contributed by atoms with Crippen molar-refractivity contribution in [3.63, 3.8) is 0 Å². The molecule has 142 valence electrons. The summed E-state index contributed by atoms with van der Waals surface area (Å²) in [5.74, 6) is 1.59. The molecular formula is C20H21BrN2O3S. The van der Waals surface area contributed by atoms with Crippen molar-refractivity contribution in [2.45, 2.75) is 19.4 Å². The van der Waals surface area contributed by atoms with Crippen LogP contribution in [-0.4, -0.2) is 42.7 Å². The summed E-state index contributed by atoms with van der Waals surface area (Å²) in [5, 5.41) is 2.07. The molecule has 3 heterocycles. The molecule has 0 bridgehead atoms. The second-order valence-electron chi connectivity index (χ2n) is 6.63. The Balaban J connectivity index is 1.79. The van der Waals surface area contributed by atoms with Crippen LogP contribution in [0.2, 0.25) is 0 Å². The molecule has 27 heavy (non-hydrogen) atoms. The van der Waals surface area contributed by atoms with E-state index >= 15 is 0 Å². The minimum atomic E-state index is 0.109. The summed E-state index contributed by atoms with van der Waals surface area (Å²) in [6.07, 6.45) is 2.16. The Bertz CT molecular complexity index is 966. The highest BCUT2D eigenvalue weighted by Gasteiger charge is 2.25. The number of carbonyl (C=O) groups excluding carboxylic acids is 1. The molecule has 1 saturated heterocycles. The topological polar surface area (TPSA) is 43.7 Å². The van der Waals surface area contributed by atoms with Crippen LogP contribution in [0.1, 0.15) is 28.9 Å². The Hall–Kier alpha value is -1.99. The normalized spacial score (nSPS) is 14.1. The lowest BCUT2D eigenvalue weighted by molar-refractivity contribution is 0.0783. The number of thiophene rings is 1. The Morgan fingerprint density at radius 2 is 1.78 bits per heavy atom. The molecule has 1 fully saturated rings. The van der Waals surface area contributed by atoms with Crippen molar-refractivity contribution in [1.29, 1.82) is 0 Å². The summed E-state index contributed by atoms with van der Waals surface area (Å²) >= 11 is 5.30. The lowest BCUT2D eigenvalue weighted by Crippen LogP contribution is -2.29. The molecule has 1 aromatic carbocycles. The Morgan fingerprint density at radius 3 is 2.41 bits per heavy atom. The second kappa shape index (κ2) is 7.56. The first kappa shape index (κ1) is 18.4. The van der Waals surface area contributed by atoms with Crippen molar-refractivity contribution in [2.75, 3.05) is 27.3 Å². The SMILES string of the molecule is COc1cc(Cn2c(C(=O)N3CCCC3)cc3scc(Br)c32)cc(OC)c1. The van der Waals surface area contributed by atoms with Crippen LogP contribution in [0.5, 0.6) is 11.5 Å². The third-order valence-corrected chi connectivity index (χ3v) is 6.77. The van der Waals surface area contributed by atoms with Crippen molar-refractivity contribution >= 4 is 43.4 Å². The fraction of sp³-hybridized carbons (Fsp3) is 0.350.